The number of rotatable bonds is 4. The Morgan fingerprint density at radius 1 is 1.35 bits per heavy atom. The number of likely N-dealkylation sites (tertiary alicyclic amines) is 1. The molecule has 1 saturated heterocycles. The standard InChI is InChI=1S/C15H22N2O3/c1-16-4-3-11(7-16)8-17(2)9-12-5-14-15(6-13(12)18)20-10-19-14/h5-6,11,18H,3-4,7-10H2,1-2H3. The first-order valence-corrected chi connectivity index (χ1v) is 7.10. The number of ether oxygens (including phenoxy) is 2. The lowest BCUT2D eigenvalue weighted by atomic mass is 10.1. The SMILES string of the molecule is CN1CCC(CN(C)Cc2cc3c(cc2O)OCO3)C1. The normalized spacial score (nSPS) is 21.9. The van der Waals surface area contributed by atoms with E-state index in [0.29, 0.717) is 5.75 Å². The minimum atomic E-state index is 0.239. The summed E-state index contributed by atoms with van der Waals surface area (Å²) < 4.78 is 10.6. The number of phenolic OH excluding ortho intramolecular Hbond substituents is 1. The van der Waals surface area contributed by atoms with Crippen molar-refractivity contribution in [3.63, 3.8) is 0 Å². The molecular weight excluding hydrogens is 256 g/mol. The molecule has 20 heavy (non-hydrogen) atoms. The molecule has 0 spiro atoms. The third-order valence-corrected chi connectivity index (χ3v) is 4.07. The quantitative estimate of drug-likeness (QED) is 0.904. The van der Waals surface area contributed by atoms with Gasteiger partial charge in [-0.2, -0.15) is 0 Å². The largest absolute Gasteiger partial charge is 0.507 e. The van der Waals surface area contributed by atoms with Crippen LogP contribution in [0.2, 0.25) is 0 Å². The van der Waals surface area contributed by atoms with Crippen LogP contribution in [0, 0.1) is 5.92 Å². The van der Waals surface area contributed by atoms with Crippen molar-refractivity contribution in [2.24, 2.45) is 5.92 Å². The van der Waals surface area contributed by atoms with Crippen LogP contribution in [-0.4, -0.2) is 55.4 Å². The summed E-state index contributed by atoms with van der Waals surface area (Å²) in [6, 6.07) is 3.53. The second-order valence-corrected chi connectivity index (χ2v) is 5.95. The zero-order valence-corrected chi connectivity index (χ0v) is 12.1. The van der Waals surface area contributed by atoms with E-state index in [2.05, 4.69) is 23.9 Å². The van der Waals surface area contributed by atoms with Crippen molar-refractivity contribution < 1.29 is 14.6 Å². The molecule has 0 aromatic heterocycles. The number of hydrogen-bond acceptors (Lipinski definition) is 5. The molecule has 1 N–H and O–H groups in total. The average molecular weight is 278 g/mol. The molecule has 0 amide bonds. The Morgan fingerprint density at radius 2 is 2.10 bits per heavy atom. The summed E-state index contributed by atoms with van der Waals surface area (Å²) in [4.78, 5) is 4.64. The van der Waals surface area contributed by atoms with Crippen LogP contribution in [0.3, 0.4) is 0 Å². The van der Waals surface area contributed by atoms with Gasteiger partial charge < -0.3 is 24.4 Å². The van der Waals surface area contributed by atoms with E-state index in [4.69, 9.17) is 9.47 Å². The molecule has 2 heterocycles. The molecule has 1 unspecified atom stereocenters. The van der Waals surface area contributed by atoms with E-state index in [9.17, 15) is 5.11 Å². The minimum absolute atomic E-state index is 0.239. The summed E-state index contributed by atoms with van der Waals surface area (Å²) in [5.41, 5.74) is 0.892. The van der Waals surface area contributed by atoms with Crippen molar-refractivity contribution in [2.45, 2.75) is 13.0 Å². The molecule has 0 bridgehead atoms. The van der Waals surface area contributed by atoms with E-state index in [0.717, 1.165) is 36.9 Å². The molecule has 2 aliphatic heterocycles. The van der Waals surface area contributed by atoms with Crippen LogP contribution in [0.4, 0.5) is 0 Å². The molecule has 0 saturated carbocycles. The van der Waals surface area contributed by atoms with E-state index in [-0.39, 0.29) is 12.5 Å². The summed E-state index contributed by atoms with van der Waals surface area (Å²) in [7, 11) is 4.27. The summed E-state index contributed by atoms with van der Waals surface area (Å²) >= 11 is 0. The first-order valence-electron chi connectivity index (χ1n) is 7.10. The summed E-state index contributed by atoms with van der Waals surface area (Å²) in [5.74, 6) is 2.36. The minimum Gasteiger partial charge on any atom is -0.507 e. The number of nitrogens with zero attached hydrogens (tertiary/aromatic N) is 2. The van der Waals surface area contributed by atoms with Gasteiger partial charge in [-0.15, -0.1) is 0 Å². The van der Waals surface area contributed by atoms with Gasteiger partial charge in [-0.05, 0) is 39.0 Å². The number of fused-ring (bicyclic) bond motifs is 1. The fraction of sp³-hybridized carbons (Fsp3) is 0.600. The number of aromatic hydroxyl groups is 1. The highest BCUT2D eigenvalue weighted by Gasteiger charge is 2.22. The predicted octanol–water partition coefficient (Wildman–Crippen LogP) is 1.50. The van der Waals surface area contributed by atoms with Crippen LogP contribution in [0.1, 0.15) is 12.0 Å². The molecule has 1 aromatic rings. The molecule has 0 aliphatic carbocycles. The highest BCUT2D eigenvalue weighted by atomic mass is 16.7. The third-order valence-electron chi connectivity index (χ3n) is 4.07. The zero-order valence-electron chi connectivity index (χ0n) is 12.1. The van der Waals surface area contributed by atoms with Crippen molar-refractivity contribution >= 4 is 0 Å². The predicted molar refractivity (Wildman–Crippen MR) is 76.2 cm³/mol. The molecule has 110 valence electrons. The Balaban J connectivity index is 1.62. The smallest absolute Gasteiger partial charge is 0.231 e. The van der Waals surface area contributed by atoms with Gasteiger partial charge in [0.2, 0.25) is 6.79 Å². The first kappa shape index (κ1) is 13.5. The van der Waals surface area contributed by atoms with E-state index in [1.165, 1.54) is 13.0 Å². The van der Waals surface area contributed by atoms with Gasteiger partial charge in [-0.25, -0.2) is 0 Å². The Labute approximate surface area is 119 Å². The van der Waals surface area contributed by atoms with E-state index < -0.39 is 0 Å². The molecule has 0 radical (unpaired) electrons. The van der Waals surface area contributed by atoms with Crippen molar-refractivity contribution in [3.8, 4) is 17.2 Å². The van der Waals surface area contributed by atoms with Crippen LogP contribution in [-0.2, 0) is 6.54 Å². The maximum absolute atomic E-state index is 10.1. The highest BCUT2D eigenvalue weighted by molar-refractivity contribution is 5.51. The maximum atomic E-state index is 10.1. The number of benzene rings is 1. The molecule has 1 atom stereocenters. The molecule has 3 rings (SSSR count). The van der Waals surface area contributed by atoms with Gasteiger partial charge >= 0.3 is 0 Å². The van der Waals surface area contributed by atoms with Crippen molar-refractivity contribution in [1.82, 2.24) is 9.80 Å². The Bertz CT molecular complexity index is 492. The van der Waals surface area contributed by atoms with Gasteiger partial charge in [-0.1, -0.05) is 0 Å². The van der Waals surface area contributed by atoms with Crippen molar-refractivity contribution in [3.05, 3.63) is 17.7 Å². The molecule has 1 fully saturated rings. The summed E-state index contributed by atoms with van der Waals surface area (Å²) in [5, 5.41) is 10.1. The van der Waals surface area contributed by atoms with Crippen molar-refractivity contribution in [1.29, 1.82) is 0 Å². The van der Waals surface area contributed by atoms with Gasteiger partial charge in [0.25, 0.3) is 0 Å². The van der Waals surface area contributed by atoms with Crippen molar-refractivity contribution in [2.75, 3.05) is 40.5 Å². The molecule has 5 heteroatoms. The van der Waals surface area contributed by atoms with E-state index in [1.54, 1.807) is 6.07 Å². The van der Waals surface area contributed by atoms with Crippen LogP contribution >= 0.6 is 0 Å². The lowest BCUT2D eigenvalue weighted by Crippen LogP contribution is -2.27. The third kappa shape index (κ3) is 2.83. The summed E-state index contributed by atoms with van der Waals surface area (Å²) in [6.07, 6.45) is 1.26. The second kappa shape index (κ2) is 5.50. The van der Waals surface area contributed by atoms with E-state index in [1.807, 2.05) is 6.07 Å². The fourth-order valence-corrected chi connectivity index (χ4v) is 3.07. The molecule has 1 aromatic carbocycles. The second-order valence-electron chi connectivity index (χ2n) is 5.95. The molecular formula is C15H22N2O3. The first-order chi connectivity index (χ1) is 9.61. The molecule has 5 nitrogen and oxygen atoms in total. The Morgan fingerprint density at radius 3 is 2.80 bits per heavy atom. The average Bonchev–Trinajstić information content (AvgIpc) is 2.98. The lowest BCUT2D eigenvalue weighted by Gasteiger charge is -2.21. The van der Waals surface area contributed by atoms with Crippen LogP contribution in [0.25, 0.3) is 0 Å². The Kier molecular flexibility index (Phi) is 3.72. The fourth-order valence-electron chi connectivity index (χ4n) is 3.07. The van der Waals surface area contributed by atoms with Gasteiger partial charge in [-0.3, -0.25) is 0 Å². The van der Waals surface area contributed by atoms with Gasteiger partial charge in [0.05, 0.1) is 0 Å². The highest BCUT2D eigenvalue weighted by Crippen LogP contribution is 2.38. The van der Waals surface area contributed by atoms with Gasteiger partial charge in [0, 0.05) is 31.3 Å². The van der Waals surface area contributed by atoms with Crippen LogP contribution < -0.4 is 9.47 Å². The van der Waals surface area contributed by atoms with E-state index >= 15 is 0 Å². The summed E-state index contributed by atoms with van der Waals surface area (Å²) in [6.45, 7) is 4.37. The topological polar surface area (TPSA) is 45.2 Å². The van der Waals surface area contributed by atoms with Crippen LogP contribution in [0.15, 0.2) is 12.1 Å². The number of hydrogen-bond donors (Lipinski definition) is 1. The molecule has 2 aliphatic rings. The number of phenols is 1. The maximum Gasteiger partial charge on any atom is 0.231 e. The zero-order chi connectivity index (χ0) is 14.1. The van der Waals surface area contributed by atoms with Gasteiger partial charge in [0.1, 0.15) is 5.75 Å². The van der Waals surface area contributed by atoms with Crippen LogP contribution in [0.5, 0.6) is 17.2 Å². The monoisotopic (exact) mass is 278 g/mol. The lowest BCUT2D eigenvalue weighted by molar-refractivity contribution is 0.174. The van der Waals surface area contributed by atoms with Gasteiger partial charge in [0.15, 0.2) is 11.5 Å². The Hall–Kier alpha value is -1.46.